The minimum Gasteiger partial charge on any atom is -0.497 e. The second-order valence-electron chi connectivity index (χ2n) is 7.59. The third kappa shape index (κ3) is 4.30. The van der Waals surface area contributed by atoms with Crippen LogP contribution < -0.4 is 9.47 Å². The fraction of sp³-hybridized carbons (Fsp3) is 0.179. The van der Waals surface area contributed by atoms with Crippen molar-refractivity contribution in [3.05, 3.63) is 96.1 Å². The van der Waals surface area contributed by atoms with E-state index in [1.807, 2.05) is 30.3 Å². The predicted molar refractivity (Wildman–Crippen MR) is 131 cm³/mol. The van der Waals surface area contributed by atoms with Crippen molar-refractivity contribution in [3.8, 4) is 34.0 Å². The molecule has 4 rings (SSSR count). The van der Waals surface area contributed by atoms with Crippen molar-refractivity contribution in [2.24, 2.45) is 0 Å². The zero-order valence-electron chi connectivity index (χ0n) is 18.8. The van der Waals surface area contributed by atoms with E-state index in [-0.39, 0.29) is 0 Å². The van der Waals surface area contributed by atoms with Gasteiger partial charge in [-0.15, -0.1) is 0 Å². The highest BCUT2D eigenvalue weighted by atomic mass is 16.5. The molecular formula is C28H28N2O2. The molecule has 4 aromatic rings. The van der Waals surface area contributed by atoms with E-state index >= 15 is 0 Å². The van der Waals surface area contributed by atoms with Gasteiger partial charge in [0.25, 0.3) is 0 Å². The molecule has 0 saturated heterocycles. The van der Waals surface area contributed by atoms with E-state index in [0.717, 1.165) is 46.0 Å². The molecule has 0 N–H and O–H groups in total. The van der Waals surface area contributed by atoms with Crippen LogP contribution in [0.15, 0.2) is 79.4 Å². The first-order valence-corrected chi connectivity index (χ1v) is 10.8. The second kappa shape index (κ2) is 9.56. The van der Waals surface area contributed by atoms with Crippen LogP contribution in [0.25, 0.3) is 28.6 Å². The van der Waals surface area contributed by atoms with Gasteiger partial charge in [0.2, 0.25) is 0 Å². The molecule has 0 unspecified atom stereocenters. The third-order valence-corrected chi connectivity index (χ3v) is 5.68. The number of hydrogen-bond donors (Lipinski definition) is 0. The smallest absolute Gasteiger partial charge is 0.118 e. The van der Waals surface area contributed by atoms with Gasteiger partial charge in [0.05, 0.1) is 32.2 Å². The van der Waals surface area contributed by atoms with Gasteiger partial charge in [-0.1, -0.05) is 43.8 Å². The van der Waals surface area contributed by atoms with E-state index in [9.17, 15) is 0 Å². The number of methoxy groups -OCH3 is 2. The molecule has 0 amide bonds. The Morgan fingerprint density at radius 2 is 1.38 bits per heavy atom. The number of hydrogen-bond acceptors (Lipinski definition) is 3. The van der Waals surface area contributed by atoms with Crippen molar-refractivity contribution in [1.82, 2.24) is 9.78 Å². The normalized spacial score (nSPS) is 10.7. The molecule has 162 valence electrons. The fourth-order valence-electron chi connectivity index (χ4n) is 3.93. The maximum absolute atomic E-state index is 5.36. The van der Waals surface area contributed by atoms with Crippen LogP contribution in [-0.4, -0.2) is 24.0 Å². The fourth-order valence-corrected chi connectivity index (χ4v) is 3.93. The number of ether oxygens (including phenoxy) is 2. The van der Waals surface area contributed by atoms with Gasteiger partial charge in [-0.3, -0.25) is 4.68 Å². The lowest BCUT2D eigenvalue weighted by Crippen LogP contribution is -2.04. The summed E-state index contributed by atoms with van der Waals surface area (Å²) in [6, 6.07) is 24.7. The summed E-state index contributed by atoms with van der Waals surface area (Å²) in [5.41, 5.74) is 7.87. The van der Waals surface area contributed by atoms with Gasteiger partial charge in [-0.05, 0) is 66.1 Å². The highest BCUT2D eigenvalue weighted by molar-refractivity contribution is 5.75. The lowest BCUT2D eigenvalue weighted by molar-refractivity contribution is 0.414. The second-order valence-corrected chi connectivity index (χ2v) is 7.59. The average Bonchev–Trinajstić information content (AvgIpc) is 3.22. The topological polar surface area (TPSA) is 36.3 Å². The first kappa shape index (κ1) is 21.4. The maximum atomic E-state index is 5.36. The Hall–Kier alpha value is -3.79. The van der Waals surface area contributed by atoms with Crippen LogP contribution in [0.5, 0.6) is 11.5 Å². The molecule has 4 heteroatoms. The van der Waals surface area contributed by atoms with E-state index < -0.39 is 0 Å². The maximum Gasteiger partial charge on any atom is 0.118 e. The first-order valence-electron chi connectivity index (χ1n) is 10.8. The summed E-state index contributed by atoms with van der Waals surface area (Å²) in [4.78, 5) is 0. The minimum absolute atomic E-state index is 0.682. The first-order chi connectivity index (χ1) is 15.7. The molecule has 0 aliphatic rings. The van der Waals surface area contributed by atoms with E-state index in [4.69, 9.17) is 14.6 Å². The summed E-state index contributed by atoms with van der Waals surface area (Å²) in [5, 5.41) is 5.09. The standard InChI is InChI=1S/C28H28N2O2/c1-5-20-7-9-21(10-8-20)19-30-28(23-13-17-25(32-4)18-14-23)26(6-2)27(29-30)22-11-15-24(31-3)16-12-22/h5,7-18H,1,6,19H2,2-4H3. The molecule has 0 aliphatic carbocycles. The Bertz CT molecular complexity index is 1190. The molecule has 3 aromatic carbocycles. The van der Waals surface area contributed by atoms with Crippen LogP contribution in [0.4, 0.5) is 0 Å². The Labute approximate surface area is 189 Å². The van der Waals surface area contributed by atoms with Crippen molar-refractivity contribution in [2.45, 2.75) is 19.9 Å². The Kier molecular flexibility index (Phi) is 6.41. The zero-order chi connectivity index (χ0) is 22.5. The number of rotatable bonds is 8. The van der Waals surface area contributed by atoms with E-state index in [1.165, 1.54) is 11.1 Å². The van der Waals surface area contributed by atoms with Crippen molar-refractivity contribution in [1.29, 1.82) is 0 Å². The largest absolute Gasteiger partial charge is 0.497 e. The lowest BCUT2D eigenvalue weighted by Gasteiger charge is -2.11. The third-order valence-electron chi connectivity index (χ3n) is 5.68. The summed E-state index contributed by atoms with van der Waals surface area (Å²) >= 11 is 0. The van der Waals surface area contributed by atoms with Gasteiger partial charge in [0.1, 0.15) is 11.5 Å². The van der Waals surface area contributed by atoms with E-state index in [1.54, 1.807) is 14.2 Å². The van der Waals surface area contributed by atoms with Crippen LogP contribution in [0.1, 0.15) is 23.6 Å². The Morgan fingerprint density at radius 1 is 0.812 bits per heavy atom. The van der Waals surface area contributed by atoms with Crippen LogP contribution >= 0.6 is 0 Å². The molecule has 32 heavy (non-hydrogen) atoms. The molecular weight excluding hydrogens is 396 g/mol. The molecule has 1 heterocycles. The zero-order valence-corrected chi connectivity index (χ0v) is 18.8. The summed E-state index contributed by atoms with van der Waals surface area (Å²) in [6.45, 7) is 6.71. The van der Waals surface area contributed by atoms with Crippen LogP contribution in [0.3, 0.4) is 0 Å². The highest BCUT2D eigenvalue weighted by Crippen LogP contribution is 2.34. The SMILES string of the molecule is C=Cc1ccc(Cn2nc(-c3ccc(OC)cc3)c(CC)c2-c2ccc(OC)cc2)cc1. The number of benzene rings is 3. The quantitative estimate of drug-likeness (QED) is 0.324. The predicted octanol–water partition coefficient (Wildman–Crippen LogP) is 6.49. The van der Waals surface area contributed by atoms with Crippen molar-refractivity contribution >= 4 is 6.08 Å². The molecule has 0 radical (unpaired) electrons. The van der Waals surface area contributed by atoms with Gasteiger partial charge >= 0.3 is 0 Å². The van der Waals surface area contributed by atoms with Crippen LogP contribution in [-0.2, 0) is 13.0 Å². The van der Waals surface area contributed by atoms with Crippen molar-refractivity contribution < 1.29 is 9.47 Å². The molecule has 0 aliphatic heterocycles. The van der Waals surface area contributed by atoms with Gasteiger partial charge in [-0.2, -0.15) is 5.10 Å². The minimum atomic E-state index is 0.682. The number of nitrogens with zero attached hydrogens (tertiary/aromatic N) is 2. The lowest BCUT2D eigenvalue weighted by atomic mass is 9.99. The Balaban J connectivity index is 1.84. The monoisotopic (exact) mass is 424 g/mol. The molecule has 4 nitrogen and oxygen atoms in total. The summed E-state index contributed by atoms with van der Waals surface area (Å²) in [5.74, 6) is 1.68. The summed E-state index contributed by atoms with van der Waals surface area (Å²) in [7, 11) is 3.37. The van der Waals surface area contributed by atoms with Gasteiger partial charge in [-0.25, -0.2) is 0 Å². The van der Waals surface area contributed by atoms with E-state index in [2.05, 4.69) is 66.7 Å². The van der Waals surface area contributed by atoms with Gasteiger partial charge < -0.3 is 9.47 Å². The van der Waals surface area contributed by atoms with Crippen LogP contribution in [0.2, 0.25) is 0 Å². The molecule has 1 aromatic heterocycles. The van der Waals surface area contributed by atoms with Crippen molar-refractivity contribution in [2.75, 3.05) is 14.2 Å². The van der Waals surface area contributed by atoms with Crippen LogP contribution in [0, 0.1) is 0 Å². The molecule has 0 bridgehead atoms. The molecule has 0 saturated carbocycles. The molecule has 0 spiro atoms. The molecule has 0 fully saturated rings. The highest BCUT2D eigenvalue weighted by Gasteiger charge is 2.20. The van der Waals surface area contributed by atoms with E-state index in [0.29, 0.717) is 6.54 Å². The van der Waals surface area contributed by atoms with Crippen molar-refractivity contribution in [3.63, 3.8) is 0 Å². The number of aromatic nitrogens is 2. The summed E-state index contributed by atoms with van der Waals surface area (Å²) in [6.07, 6.45) is 2.73. The van der Waals surface area contributed by atoms with Gasteiger partial charge in [0.15, 0.2) is 0 Å². The molecule has 0 atom stereocenters. The summed E-state index contributed by atoms with van der Waals surface area (Å²) < 4.78 is 12.8. The average molecular weight is 425 g/mol. The van der Waals surface area contributed by atoms with Gasteiger partial charge in [0, 0.05) is 16.7 Å². The Morgan fingerprint density at radius 3 is 1.88 bits per heavy atom.